The second kappa shape index (κ2) is 7.96. The summed E-state index contributed by atoms with van der Waals surface area (Å²) < 4.78 is 40.8. The number of halogens is 4. The van der Waals surface area contributed by atoms with E-state index in [0.29, 0.717) is 17.6 Å². The number of nitro groups is 1. The van der Waals surface area contributed by atoms with Crippen molar-refractivity contribution in [3.8, 4) is 0 Å². The van der Waals surface area contributed by atoms with E-state index in [4.69, 9.17) is 0 Å². The van der Waals surface area contributed by atoms with Crippen molar-refractivity contribution in [1.29, 1.82) is 0 Å². The number of nitrogens with zero attached hydrogens (tertiary/aromatic N) is 3. The third kappa shape index (κ3) is 4.85. The molecule has 0 unspecified atom stereocenters. The highest BCUT2D eigenvalue weighted by Crippen LogP contribution is 2.35. The van der Waals surface area contributed by atoms with Crippen LogP contribution < -0.4 is 10.6 Å². The summed E-state index contributed by atoms with van der Waals surface area (Å²) in [7, 11) is 0. The minimum Gasteiger partial charge on any atom is -0.340 e. The van der Waals surface area contributed by atoms with Crippen LogP contribution >= 0.6 is 22.6 Å². The largest absolute Gasteiger partial charge is 0.421 e. The molecule has 144 valence electrons. The van der Waals surface area contributed by atoms with Gasteiger partial charge in [0.15, 0.2) is 0 Å². The number of hydrogen-bond acceptors (Lipinski definition) is 6. The van der Waals surface area contributed by atoms with Crippen molar-refractivity contribution < 1.29 is 18.1 Å². The molecule has 3 aromatic rings. The Labute approximate surface area is 170 Å². The molecule has 7 nitrogen and oxygen atoms in total. The first-order valence-electron chi connectivity index (χ1n) is 7.71. The van der Waals surface area contributed by atoms with Crippen LogP contribution in [0.1, 0.15) is 5.56 Å². The number of hydrogen-bond donors (Lipinski definition) is 2. The topological polar surface area (TPSA) is 93.0 Å². The highest BCUT2D eigenvalue weighted by Gasteiger charge is 2.35. The van der Waals surface area contributed by atoms with Crippen LogP contribution in [0, 0.1) is 13.7 Å². The molecule has 0 aliphatic carbocycles. The fourth-order valence-electron chi connectivity index (χ4n) is 2.21. The van der Waals surface area contributed by atoms with Crippen LogP contribution in [-0.4, -0.2) is 14.9 Å². The van der Waals surface area contributed by atoms with E-state index >= 15 is 0 Å². The van der Waals surface area contributed by atoms with E-state index in [-0.39, 0.29) is 11.6 Å². The van der Waals surface area contributed by atoms with Gasteiger partial charge in [-0.15, -0.1) is 0 Å². The minimum atomic E-state index is -4.64. The number of rotatable bonds is 5. The molecule has 1 aromatic heterocycles. The zero-order valence-electron chi connectivity index (χ0n) is 13.9. The average molecular weight is 501 g/mol. The van der Waals surface area contributed by atoms with Crippen molar-refractivity contribution in [3.63, 3.8) is 0 Å². The summed E-state index contributed by atoms with van der Waals surface area (Å²) in [5.74, 6) is -0.497. The van der Waals surface area contributed by atoms with E-state index in [1.165, 1.54) is 24.3 Å². The zero-order chi connectivity index (χ0) is 20.3. The van der Waals surface area contributed by atoms with Crippen LogP contribution in [-0.2, 0) is 6.18 Å². The first kappa shape index (κ1) is 19.8. The Kier molecular flexibility index (Phi) is 5.63. The Morgan fingerprint density at radius 2 is 1.54 bits per heavy atom. The molecule has 0 saturated heterocycles. The van der Waals surface area contributed by atoms with Gasteiger partial charge in [0.25, 0.3) is 5.69 Å². The van der Waals surface area contributed by atoms with Gasteiger partial charge >= 0.3 is 6.18 Å². The summed E-state index contributed by atoms with van der Waals surface area (Å²) in [6.07, 6.45) is -3.97. The quantitative estimate of drug-likeness (QED) is 0.273. The lowest BCUT2D eigenvalue weighted by Gasteiger charge is -2.15. The molecular formula is C17H11F3IN5O2. The zero-order valence-corrected chi connectivity index (χ0v) is 16.0. The van der Waals surface area contributed by atoms with Crippen molar-refractivity contribution in [1.82, 2.24) is 9.97 Å². The van der Waals surface area contributed by atoms with Crippen molar-refractivity contribution in [3.05, 3.63) is 74.0 Å². The highest BCUT2D eigenvalue weighted by molar-refractivity contribution is 14.1. The molecular weight excluding hydrogens is 490 g/mol. The normalized spacial score (nSPS) is 11.1. The monoisotopic (exact) mass is 501 g/mol. The van der Waals surface area contributed by atoms with Gasteiger partial charge in [0.1, 0.15) is 11.4 Å². The average Bonchev–Trinajstić information content (AvgIpc) is 2.63. The molecule has 28 heavy (non-hydrogen) atoms. The van der Waals surface area contributed by atoms with Gasteiger partial charge in [0.2, 0.25) is 5.95 Å². The van der Waals surface area contributed by atoms with Gasteiger partial charge in [-0.3, -0.25) is 10.1 Å². The van der Waals surface area contributed by atoms with E-state index in [9.17, 15) is 23.3 Å². The van der Waals surface area contributed by atoms with E-state index < -0.39 is 22.5 Å². The number of anilines is 4. The van der Waals surface area contributed by atoms with Gasteiger partial charge in [-0.1, -0.05) is 0 Å². The summed E-state index contributed by atoms with van der Waals surface area (Å²) in [6, 6.07) is 12.1. The standard InChI is InChI=1S/C17H11F3IN5O2/c18-17(19,20)14-9-22-16(24-12-5-7-13(8-6-12)26(27)28)25-15(14)23-11-3-1-10(21)2-4-11/h1-9H,(H2,22,23,24,25). The second-order valence-electron chi connectivity index (χ2n) is 5.51. The fraction of sp³-hybridized carbons (Fsp3) is 0.0588. The van der Waals surface area contributed by atoms with Gasteiger partial charge in [0, 0.05) is 33.3 Å². The number of alkyl halides is 3. The highest BCUT2D eigenvalue weighted by atomic mass is 127. The third-order valence-electron chi connectivity index (χ3n) is 3.54. The maximum absolute atomic E-state index is 13.3. The first-order chi connectivity index (χ1) is 13.2. The van der Waals surface area contributed by atoms with Gasteiger partial charge in [0.05, 0.1) is 4.92 Å². The molecule has 3 rings (SSSR count). The number of nitro benzene ring substituents is 1. The molecule has 0 aliphatic heterocycles. The van der Waals surface area contributed by atoms with Crippen LogP contribution in [0.3, 0.4) is 0 Å². The minimum absolute atomic E-state index is 0.0881. The van der Waals surface area contributed by atoms with Crippen molar-refractivity contribution in [2.75, 3.05) is 10.6 Å². The Balaban J connectivity index is 1.90. The molecule has 0 amide bonds. The van der Waals surface area contributed by atoms with E-state index in [2.05, 4.69) is 43.2 Å². The Hall–Kier alpha value is -2.96. The van der Waals surface area contributed by atoms with Crippen LogP contribution in [0.2, 0.25) is 0 Å². The first-order valence-corrected chi connectivity index (χ1v) is 8.78. The van der Waals surface area contributed by atoms with Gasteiger partial charge in [-0.25, -0.2) is 4.98 Å². The maximum Gasteiger partial charge on any atom is 0.421 e. The Bertz CT molecular complexity index is 995. The van der Waals surface area contributed by atoms with Crippen molar-refractivity contribution in [2.45, 2.75) is 6.18 Å². The number of nitrogens with one attached hydrogen (secondary N) is 2. The SMILES string of the molecule is O=[N+]([O-])c1ccc(Nc2ncc(C(F)(F)F)c(Nc3ccc(I)cc3)n2)cc1. The number of aromatic nitrogens is 2. The van der Waals surface area contributed by atoms with Crippen LogP contribution in [0.4, 0.5) is 42.0 Å². The molecule has 0 aliphatic rings. The lowest BCUT2D eigenvalue weighted by atomic mass is 10.2. The molecule has 0 atom stereocenters. The molecule has 0 spiro atoms. The Morgan fingerprint density at radius 1 is 0.964 bits per heavy atom. The molecule has 0 fully saturated rings. The molecule has 0 saturated carbocycles. The Morgan fingerprint density at radius 3 is 2.11 bits per heavy atom. The van der Waals surface area contributed by atoms with Crippen LogP contribution in [0.25, 0.3) is 0 Å². The van der Waals surface area contributed by atoms with Gasteiger partial charge in [-0.2, -0.15) is 18.2 Å². The van der Waals surface area contributed by atoms with Crippen molar-refractivity contribution in [2.24, 2.45) is 0 Å². The summed E-state index contributed by atoms with van der Waals surface area (Å²) in [5, 5.41) is 16.1. The van der Waals surface area contributed by atoms with Gasteiger partial charge < -0.3 is 10.6 Å². The lowest BCUT2D eigenvalue weighted by molar-refractivity contribution is -0.384. The lowest BCUT2D eigenvalue weighted by Crippen LogP contribution is -2.12. The molecule has 0 bridgehead atoms. The predicted molar refractivity (Wildman–Crippen MR) is 106 cm³/mol. The molecule has 0 radical (unpaired) electrons. The number of non-ortho nitro benzene ring substituents is 1. The maximum atomic E-state index is 13.3. The predicted octanol–water partition coefficient (Wildman–Crippen LogP) is 5.50. The van der Waals surface area contributed by atoms with E-state index in [1.807, 2.05) is 0 Å². The molecule has 11 heteroatoms. The summed E-state index contributed by atoms with van der Waals surface area (Å²) in [5.41, 5.74) is -0.295. The summed E-state index contributed by atoms with van der Waals surface area (Å²) in [6.45, 7) is 0. The fourth-order valence-corrected chi connectivity index (χ4v) is 2.57. The number of benzene rings is 2. The smallest absolute Gasteiger partial charge is 0.340 e. The second-order valence-corrected chi connectivity index (χ2v) is 6.76. The summed E-state index contributed by atoms with van der Waals surface area (Å²) >= 11 is 2.09. The third-order valence-corrected chi connectivity index (χ3v) is 4.25. The van der Waals surface area contributed by atoms with Gasteiger partial charge in [-0.05, 0) is 59.0 Å². The van der Waals surface area contributed by atoms with E-state index in [1.54, 1.807) is 24.3 Å². The van der Waals surface area contributed by atoms with Crippen LogP contribution in [0.15, 0.2) is 54.7 Å². The molecule has 2 N–H and O–H groups in total. The molecule has 2 aromatic carbocycles. The van der Waals surface area contributed by atoms with Crippen molar-refractivity contribution >= 4 is 51.4 Å². The summed E-state index contributed by atoms with van der Waals surface area (Å²) in [4.78, 5) is 17.8. The van der Waals surface area contributed by atoms with Crippen LogP contribution in [0.5, 0.6) is 0 Å². The van der Waals surface area contributed by atoms with E-state index in [0.717, 1.165) is 3.57 Å². The molecule has 1 heterocycles.